The minimum atomic E-state index is -0.367. The summed E-state index contributed by atoms with van der Waals surface area (Å²) in [6, 6.07) is 13.1. The van der Waals surface area contributed by atoms with Crippen LogP contribution in [0.2, 0.25) is 0 Å². The fraction of sp³-hybridized carbons (Fsp3) is 0.250. The fourth-order valence-corrected chi connectivity index (χ4v) is 3.38. The number of nitrogens with one attached hydrogen (secondary N) is 1. The van der Waals surface area contributed by atoms with E-state index in [-0.39, 0.29) is 23.5 Å². The highest BCUT2D eigenvalue weighted by molar-refractivity contribution is 5.94. The summed E-state index contributed by atoms with van der Waals surface area (Å²) in [7, 11) is 0. The van der Waals surface area contributed by atoms with Gasteiger partial charge in [0.2, 0.25) is 5.91 Å². The van der Waals surface area contributed by atoms with E-state index in [1.165, 1.54) is 24.3 Å². The first-order valence-corrected chi connectivity index (χ1v) is 8.89. The molecule has 1 aliphatic rings. The highest BCUT2D eigenvalue weighted by Gasteiger charge is 2.28. The molecule has 2 heterocycles. The third-order valence-electron chi connectivity index (χ3n) is 4.93. The SMILES string of the molecule is O=C(Nn1cnc2ccccc21)C1CCN(C(=O)c2ccc(F)cc2)CC1. The Morgan fingerprint density at radius 2 is 1.74 bits per heavy atom. The molecule has 1 aliphatic heterocycles. The molecular weight excluding hydrogens is 347 g/mol. The molecule has 1 saturated heterocycles. The number of nitrogens with zero attached hydrogens (tertiary/aromatic N) is 3. The lowest BCUT2D eigenvalue weighted by molar-refractivity contribution is -0.122. The highest BCUT2D eigenvalue weighted by Crippen LogP contribution is 2.20. The predicted molar refractivity (Wildman–Crippen MR) is 99.1 cm³/mol. The second kappa shape index (κ2) is 7.19. The molecule has 0 spiro atoms. The summed E-state index contributed by atoms with van der Waals surface area (Å²) < 4.78 is 14.6. The third kappa shape index (κ3) is 3.53. The Balaban J connectivity index is 1.36. The first kappa shape index (κ1) is 17.2. The van der Waals surface area contributed by atoms with E-state index in [0.717, 1.165) is 11.0 Å². The zero-order valence-electron chi connectivity index (χ0n) is 14.6. The maximum Gasteiger partial charge on any atom is 0.253 e. The van der Waals surface area contributed by atoms with Crippen LogP contribution >= 0.6 is 0 Å². The van der Waals surface area contributed by atoms with Crippen LogP contribution in [0.3, 0.4) is 0 Å². The van der Waals surface area contributed by atoms with Gasteiger partial charge < -0.3 is 4.90 Å². The number of piperidine rings is 1. The number of likely N-dealkylation sites (tertiary alicyclic amines) is 1. The van der Waals surface area contributed by atoms with Crippen molar-refractivity contribution in [2.24, 2.45) is 5.92 Å². The molecule has 3 aromatic rings. The number of para-hydroxylation sites is 2. The Hall–Kier alpha value is -3.22. The zero-order valence-corrected chi connectivity index (χ0v) is 14.6. The summed E-state index contributed by atoms with van der Waals surface area (Å²) in [5.74, 6) is -0.737. The second-order valence-corrected chi connectivity index (χ2v) is 6.65. The lowest BCUT2D eigenvalue weighted by Crippen LogP contribution is -2.42. The topological polar surface area (TPSA) is 67.2 Å². The molecule has 1 aromatic heterocycles. The molecule has 0 radical (unpaired) electrons. The monoisotopic (exact) mass is 366 g/mol. The van der Waals surface area contributed by atoms with E-state index in [0.29, 0.717) is 31.5 Å². The summed E-state index contributed by atoms with van der Waals surface area (Å²) in [6.07, 6.45) is 2.77. The standard InChI is InChI=1S/C20H19FN4O2/c21-16-7-5-15(6-8-16)20(27)24-11-9-14(10-12-24)19(26)23-25-13-22-17-3-1-2-4-18(17)25/h1-8,13-14H,9-12H2,(H,23,26). The van der Waals surface area contributed by atoms with Gasteiger partial charge in [0.1, 0.15) is 12.1 Å². The molecular formula is C20H19FN4O2. The molecule has 7 heteroatoms. The fourth-order valence-electron chi connectivity index (χ4n) is 3.38. The van der Waals surface area contributed by atoms with E-state index in [9.17, 15) is 14.0 Å². The van der Waals surface area contributed by atoms with Gasteiger partial charge in [0.25, 0.3) is 5.91 Å². The van der Waals surface area contributed by atoms with Crippen LogP contribution < -0.4 is 5.43 Å². The lowest BCUT2D eigenvalue weighted by Gasteiger charge is -2.31. The Morgan fingerprint density at radius 3 is 2.48 bits per heavy atom. The molecule has 0 bridgehead atoms. The van der Waals surface area contributed by atoms with Gasteiger partial charge in [-0.1, -0.05) is 12.1 Å². The van der Waals surface area contributed by atoms with E-state index in [1.54, 1.807) is 15.9 Å². The van der Waals surface area contributed by atoms with Gasteiger partial charge in [-0.3, -0.25) is 15.0 Å². The minimum absolute atomic E-state index is 0.0768. The first-order valence-electron chi connectivity index (χ1n) is 8.89. The van der Waals surface area contributed by atoms with E-state index in [4.69, 9.17) is 0 Å². The highest BCUT2D eigenvalue weighted by atomic mass is 19.1. The van der Waals surface area contributed by atoms with Crippen molar-refractivity contribution in [1.82, 2.24) is 14.6 Å². The van der Waals surface area contributed by atoms with Crippen molar-refractivity contribution in [3.63, 3.8) is 0 Å². The van der Waals surface area contributed by atoms with Crippen molar-refractivity contribution in [3.05, 3.63) is 66.2 Å². The molecule has 1 N–H and O–H groups in total. The Kier molecular flexibility index (Phi) is 4.58. The van der Waals surface area contributed by atoms with Crippen molar-refractivity contribution >= 4 is 22.8 Å². The molecule has 138 valence electrons. The van der Waals surface area contributed by atoms with Crippen molar-refractivity contribution < 1.29 is 14.0 Å². The summed E-state index contributed by atoms with van der Waals surface area (Å²) >= 11 is 0. The molecule has 27 heavy (non-hydrogen) atoms. The zero-order chi connectivity index (χ0) is 18.8. The van der Waals surface area contributed by atoms with Gasteiger partial charge in [-0.15, -0.1) is 0 Å². The van der Waals surface area contributed by atoms with Crippen LogP contribution in [-0.4, -0.2) is 39.5 Å². The molecule has 0 aliphatic carbocycles. The predicted octanol–water partition coefficient (Wildman–Crippen LogP) is 2.80. The summed E-state index contributed by atoms with van der Waals surface area (Å²) in [6.45, 7) is 0.998. The van der Waals surface area contributed by atoms with E-state index in [2.05, 4.69) is 10.4 Å². The Morgan fingerprint density at radius 1 is 1.04 bits per heavy atom. The summed E-state index contributed by atoms with van der Waals surface area (Å²) in [5, 5.41) is 0. The van der Waals surface area contributed by atoms with Crippen LogP contribution in [0, 0.1) is 11.7 Å². The van der Waals surface area contributed by atoms with E-state index >= 15 is 0 Å². The van der Waals surface area contributed by atoms with Crippen molar-refractivity contribution in [2.75, 3.05) is 18.5 Å². The number of aromatic nitrogens is 2. The maximum atomic E-state index is 13.0. The van der Waals surface area contributed by atoms with Gasteiger partial charge >= 0.3 is 0 Å². The van der Waals surface area contributed by atoms with Crippen LogP contribution in [0.1, 0.15) is 23.2 Å². The van der Waals surface area contributed by atoms with Crippen molar-refractivity contribution in [2.45, 2.75) is 12.8 Å². The van der Waals surface area contributed by atoms with Crippen LogP contribution in [0.4, 0.5) is 4.39 Å². The van der Waals surface area contributed by atoms with Gasteiger partial charge in [-0.2, -0.15) is 0 Å². The van der Waals surface area contributed by atoms with Gasteiger partial charge in [0, 0.05) is 24.6 Å². The van der Waals surface area contributed by atoms with Crippen LogP contribution in [0.25, 0.3) is 11.0 Å². The van der Waals surface area contributed by atoms with Crippen molar-refractivity contribution in [3.8, 4) is 0 Å². The number of imidazole rings is 1. The third-order valence-corrected chi connectivity index (χ3v) is 4.93. The van der Waals surface area contributed by atoms with Gasteiger partial charge in [0.05, 0.1) is 11.0 Å². The number of hydrogen-bond donors (Lipinski definition) is 1. The number of carbonyl (C=O) groups excluding carboxylic acids is 2. The lowest BCUT2D eigenvalue weighted by atomic mass is 9.95. The quantitative estimate of drug-likeness (QED) is 0.775. The second-order valence-electron chi connectivity index (χ2n) is 6.65. The number of rotatable bonds is 3. The normalized spacial score (nSPS) is 15.1. The van der Waals surface area contributed by atoms with E-state index < -0.39 is 0 Å². The molecule has 2 amide bonds. The Labute approximate surface area is 155 Å². The number of fused-ring (bicyclic) bond motifs is 1. The van der Waals surface area contributed by atoms with Crippen LogP contribution in [0.15, 0.2) is 54.9 Å². The van der Waals surface area contributed by atoms with E-state index in [1.807, 2.05) is 24.3 Å². The molecule has 1 fully saturated rings. The molecule has 0 unspecified atom stereocenters. The van der Waals surface area contributed by atoms with Gasteiger partial charge in [0.15, 0.2) is 0 Å². The number of halogens is 1. The van der Waals surface area contributed by atoms with Crippen molar-refractivity contribution in [1.29, 1.82) is 0 Å². The first-order chi connectivity index (χ1) is 13.1. The maximum absolute atomic E-state index is 13.0. The van der Waals surface area contributed by atoms with Crippen LogP contribution in [-0.2, 0) is 4.79 Å². The number of carbonyl (C=O) groups is 2. The number of amides is 2. The molecule has 0 saturated carbocycles. The van der Waals surface area contributed by atoms with Gasteiger partial charge in [-0.25, -0.2) is 14.1 Å². The average molecular weight is 366 g/mol. The smallest absolute Gasteiger partial charge is 0.253 e. The molecule has 6 nitrogen and oxygen atoms in total. The minimum Gasteiger partial charge on any atom is -0.339 e. The average Bonchev–Trinajstić information content (AvgIpc) is 3.11. The molecule has 2 aromatic carbocycles. The molecule has 0 atom stereocenters. The molecule has 4 rings (SSSR count). The summed E-state index contributed by atoms with van der Waals surface area (Å²) in [4.78, 5) is 31.0. The number of benzene rings is 2. The van der Waals surface area contributed by atoms with Crippen LogP contribution in [0.5, 0.6) is 0 Å². The Bertz CT molecular complexity index is 975. The summed E-state index contributed by atoms with van der Waals surface area (Å²) in [5.41, 5.74) is 5.01. The number of hydrogen-bond acceptors (Lipinski definition) is 3. The van der Waals surface area contributed by atoms with Gasteiger partial charge in [-0.05, 0) is 49.2 Å². The largest absolute Gasteiger partial charge is 0.339 e.